The standard InChI is InChI=1S/C8H8Cl2N2.C6H14/c1-4-6(9)3-7(10)12-8(4)5(2)11;1-4-5-6(2)3/h3,11H,1-2H3;6H,4-5H2,1-3H3. The first-order valence-corrected chi connectivity index (χ1v) is 6.93. The molecule has 0 aromatic carbocycles. The Kier molecular flexibility index (Phi) is 8.21. The van der Waals surface area contributed by atoms with Gasteiger partial charge in [-0.25, -0.2) is 4.98 Å². The molecule has 0 atom stereocenters. The monoisotopic (exact) mass is 288 g/mol. The van der Waals surface area contributed by atoms with Crippen LogP contribution in [0, 0.1) is 18.3 Å². The highest BCUT2D eigenvalue weighted by Crippen LogP contribution is 2.21. The Morgan fingerprint density at radius 1 is 1.39 bits per heavy atom. The lowest BCUT2D eigenvalue weighted by Crippen LogP contribution is -2.00. The molecule has 0 saturated carbocycles. The molecule has 1 aromatic heterocycles. The summed E-state index contributed by atoms with van der Waals surface area (Å²) in [6, 6.07) is 1.57. The third kappa shape index (κ3) is 6.36. The smallest absolute Gasteiger partial charge is 0.131 e. The topological polar surface area (TPSA) is 36.7 Å². The van der Waals surface area contributed by atoms with Crippen LogP contribution in [0.3, 0.4) is 0 Å². The van der Waals surface area contributed by atoms with Crippen LogP contribution in [0.5, 0.6) is 0 Å². The van der Waals surface area contributed by atoms with Crippen molar-refractivity contribution in [1.82, 2.24) is 4.98 Å². The quantitative estimate of drug-likeness (QED) is 0.576. The van der Waals surface area contributed by atoms with E-state index in [-0.39, 0.29) is 0 Å². The minimum atomic E-state index is 0.326. The van der Waals surface area contributed by atoms with Crippen molar-refractivity contribution >= 4 is 28.9 Å². The van der Waals surface area contributed by atoms with Gasteiger partial charge in [0, 0.05) is 5.02 Å². The summed E-state index contributed by atoms with van der Waals surface area (Å²) in [6.07, 6.45) is 2.71. The summed E-state index contributed by atoms with van der Waals surface area (Å²) in [5.41, 5.74) is 1.73. The molecule has 2 nitrogen and oxygen atoms in total. The van der Waals surface area contributed by atoms with E-state index in [1.54, 1.807) is 13.0 Å². The summed E-state index contributed by atoms with van der Waals surface area (Å²) in [6.45, 7) is 10.2. The number of pyridine rings is 1. The predicted molar refractivity (Wildman–Crippen MR) is 81.2 cm³/mol. The average Bonchev–Trinajstić information content (AvgIpc) is 2.23. The van der Waals surface area contributed by atoms with E-state index in [1.807, 2.05) is 6.92 Å². The van der Waals surface area contributed by atoms with Crippen LogP contribution in [-0.2, 0) is 0 Å². The zero-order chi connectivity index (χ0) is 14.3. The molecule has 1 rings (SSSR count). The van der Waals surface area contributed by atoms with E-state index in [9.17, 15) is 0 Å². The fraction of sp³-hybridized carbons (Fsp3) is 0.571. The summed E-state index contributed by atoms with van der Waals surface area (Å²) < 4.78 is 0. The second kappa shape index (κ2) is 8.49. The van der Waals surface area contributed by atoms with Crippen molar-refractivity contribution in [2.45, 2.75) is 47.5 Å². The van der Waals surface area contributed by atoms with Gasteiger partial charge in [0.05, 0.1) is 11.4 Å². The van der Waals surface area contributed by atoms with Crippen LogP contribution in [0.4, 0.5) is 0 Å². The van der Waals surface area contributed by atoms with Crippen molar-refractivity contribution < 1.29 is 0 Å². The Labute approximate surface area is 120 Å². The average molecular weight is 289 g/mol. The van der Waals surface area contributed by atoms with Gasteiger partial charge in [-0.15, -0.1) is 0 Å². The molecule has 0 amide bonds. The molecule has 0 bridgehead atoms. The van der Waals surface area contributed by atoms with Gasteiger partial charge in [0.25, 0.3) is 0 Å². The molecule has 1 aromatic rings. The zero-order valence-corrected chi connectivity index (χ0v) is 13.3. The van der Waals surface area contributed by atoms with E-state index in [4.69, 9.17) is 28.6 Å². The number of aromatic nitrogens is 1. The van der Waals surface area contributed by atoms with Crippen LogP contribution in [0.15, 0.2) is 6.07 Å². The van der Waals surface area contributed by atoms with E-state index in [0.717, 1.165) is 11.5 Å². The Morgan fingerprint density at radius 2 is 1.94 bits per heavy atom. The van der Waals surface area contributed by atoms with E-state index in [2.05, 4.69) is 25.8 Å². The zero-order valence-electron chi connectivity index (χ0n) is 11.8. The third-order valence-electron chi connectivity index (χ3n) is 2.40. The van der Waals surface area contributed by atoms with Crippen molar-refractivity contribution in [3.8, 4) is 0 Å². The third-order valence-corrected chi connectivity index (χ3v) is 2.99. The Morgan fingerprint density at radius 3 is 2.28 bits per heavy atom. The number of rotatable bonds is 3. The summed E-state index contributed by atoms with van der Waals surface area (Å²) in [4.78, 5) is 3.99. The van der Waals surface area contributed by atoms with Gasteiger partial charge in [-0.2, -0.15) is 0 Å². The number of nitrogens with one attached hydrogen (secondary N) is 1. The minimum Gasteiger partial charge on any atom is -0.303 e. The van der Waals surface area contributed by atoms with Gasteiger partial charge < -0.3 is 5.41 Å². The molecule has 1 heterocycles. The van der Waals surface area contributed by atoms with Crippen molar-refractivity contribution in [3.63, 3.8) is 0 Å². The van der Waals surface area contributed by atoms with E-state index in [0.29, 0.717) is 21.6 Å². The maximum atomic E-state index is 7.39. The first kappa shape index (κ1) is 17.4. The first-order valence-electron chi connectivity index (χ1n) is 6.17. The largest absolute Gasteiger partial charge is 0.303 e. The van der Waals surface area contributed by atoms with E-state index < -0.39 is 0 Å². The van der Waals surface area contributed by atoms with Gasteiger partial charge >= 0.3 is 0 Å². The second-order valence-electron chi connectivity index (χ2n) is 4.71. The lowest BCUT2D eigenvalue weighted by atomic mass is 10.1. The molecule has 0 aliphatic carbocycles. The van der Waals surface area contributed by atoms with Crippen molar-refractivity contribution in [1.29, 1.82) is 5.41 Å². The SMILES string of the molecule is CC(=N)c1nc(Cl)cc(Cl)c1C.CCCC(C)C. The molecule has 102 valence electrons. The van der Waals surface area contributed by atoms with Crippen LogP contribution < -0.4 is 0 Å². The number of nitrogens with zero attached hydrogens (tertiary/aromatic N) is 1. The number of hydrogen-bond donors (Lipinski definition) is 1. The fourth-order valence-electron chi connectivity index (χ4n) is 1.49. The molecule has 0 spiro atoms. The van der Waals surface area contributed by atoms with Crippen molar-refractivity contribution in [3.05, 3.63) is 27.5 Å². The van der Waals surface area contributed by atoms with Crippen LogP contribution in [0.2, 0.25) is 10.2 Å². The van der Waals surface area contributed by atoms with E-state index >= 15 is 0 Å². The normalized spacial score (nSPS) is 10.0. The molecule has 0 saturated heterocycles. The molecule has 4 heteroatoms. The van der Waals surface area contributed by atoms with Gasteiger partial charge in [-0.3, -0.25) is 0 Å². The molecule has 1 N–H and O–H groups in total. The van der Waals surface area contributed by atoms with Crippen LogP contribution in [0.1, 0.15) is 51.8 Å². The van der Waals surface area contributed by atoms with Gasteiger partial charge in [0.1, 0.15) is 5.15 Å². The lowest BCUT2D eigenvalue weighted by Gasteiger charge is -2.04. The molecule has 0 fully saturated rings. The molecule has 0 aliphatic rings. The summed E-state index contributed by atoms with van der Waals surface area (Å²) in [7, 11) is 0. The number of halogens is 2. The highest BCUT2D eigenvalue weighted by Gasteiger charge is 2.07. The molecular weight excluding hydrogens is 267 g/mol. The van der Waals surface area contributed by atoms with E-state index in [1.165, 1.54) is 12.8 Å². The maximum absolute atomic E-state index is 7.39. The van der Waals surface area contributed by atoms with Gasteiger partial charge in [0.2, 0.25) is 0 Å². The van der Waals surface area contributed by atoms with Crippen LogP contribution in [-0.4, -0.2) is 10.7 Å². The fourth-order valence-corrected chi connectivity index (χ4v) is 1.93. The molecular formula is C14H22Cl2N2. The number of hydrogen-bond acceptors (Lipinski definition) is 2. The minimum absolute atomic E-state index is 0.326. The second-order valence-corrected chi connectivity index (χ2v) is 5.50. The van der Waals surface area contributed by atoms with Crippen molar-refractivity contribution in [2.24, 2.45) is 5.92 Å². The highest BCUT2D eigenvalue weighted by atomic mass is 35.5. The summed E-state index contributed by atoms with van der Waals surface area (Å²) in [5.74, 6) is 0.898. The summed E-state index contributed by atoms with van der Waals surface area (Å²) >= 11 is 11.5. The van der Waals surface area contributed by atoms with Crippen LogP contribution >= 0.6 is 23.2 Å². The lowest BCUT2D eigenvalue weighted by molar-refractivity contribution is 0.576. The molecule has 0 aliphatic heterocycles. The maximum Gasteiger partial charge on any atom is 0.131 e. The van der Waals surface area contributed by atoms with Gasteiger partial charge in [-0.1, -0.05) is 56.8 Å². The highest BCUT2D eigenvalue weighted by molar-refractivity contribution is 6.34. The van der Waals surface area contributed by atoms with Crippen LogP contribution in [0.25, 0.3) is 0 Å². The molecule has 0 radical (unpaired) electrons. The Bertz CT molecular complexity index is 401. The first-order chi connectivity index (χ1) is 8.29. The summed E-state index contributed by atoms with van der Waals surface area (Å²) in [5, 5.41) is 8.27. The molecule has 0 unspecified atom stereocenters. The molecule has 18 heavy (non-hydrogen) atoms. The predicted octanol–water partition coefficient (Wildman–Crippen LogP) is 5.53. The van der Waals surface area contributed by atoms with Gasteiger partial charge in [-0.05, 0) is 31.4 Å². The van der Waals surface area contributed by atoms with Crippen molar-refractivity contribution in [2.75, 3.05) is 0 Å². The Balaban J connectivity index is 0.000000411. The Hall–Kier alpha value is -0.600. The van der Waals surface area contributed by atoms with Gasteiger partial charge in [0.15, 0.2) is 0 Å².